The number of aliphatic hydroxyl groups is 1. The van der Waals surface area contributed by atoms with Crippen molar-refractivity contribution in [2.24, 2.45) is 7.05 Å². The normalized spacial score (nSPS) is 12.2. The Labute approximate surface area is 207 Å². The van der Waals surface area contributed by atoms with E-state index in [1.165, 1.54) is 33.4 Å². The minimum atomic E-state index is -0.729. The minimum Gasteiger partial charge on any atom is -0.394 e. The molecule has 1 atom stereocenters. The zero-order valence-corrected chi connectivity index (χ0v) is 20.2. The number of pyridine rings is 2. The number of rotatable bonds is 5. The molecule has 0 radical (unpaired) electrons. The third kappa shape index (κ3) is 4.36. The number of halogens is 2. The van der Waals surface area contributed by atoms with Crippen molar-refractivity contribution in [1.29, 1.82) is 0 Å². The van der Waals surface area contributed by atoms with Gasteiger partial charge in [-0.05, 0) is 59.2 Å². The van der Waals surface area contributed by atoms with Crippen LogP contribution in [0.25, 0.3) is 33.3 Å². The Morgan fingerprint density at radius 3 is 2.43 bits per heavy atom. The van der Waals surface area contributed by atoms with Crippen LogP contribution in [0, 0.1) is 5.82 Å². The van der Waals surface area contributed by atoms with Crippen LogP contribution in [0.3, 0.4) is 0 Å². The van der Waals surface area contributed by atoms with Crippen LogP contribution in [0.5, 0.6) is 0 Å². The quantitative estimate of drug-likeness (QED) is 0.352. The van der Waals surface area contributed by atoms with Gasteiger partial charge in [-0.2, -0.15) is 5.10 Å². The molecule has 0 saturated carbocycles. The topological polar surface area (TPSA) is 92.9 Å². The average molecular weight is 535 g/mol. The average Bonchev–Trinajstić information content (AvgIpc) is 3.25. The Bertz CT molecular complexity index is 1670. The van der Waals surface area contributed by atoms with E-state index in [1.807, 2.05) is 24.3 Å². The zero-order valence-electron chi connectivity index (χ0n) is 18.6. The molecule has 7 nitrogen and oxygen atoms in total. The van der Waals surface area contributed by atoms with Gasteiger partial charge >= 0.3 is 0 Å². The van der Waals surface area contributed by atoms with E-state index in [2.05, 4.69) is 26.1 Å². The molecule has 2 N–H and O–H groups in total. The molecule has 0 amide bonds. The van der Waals surface area contributed by atoms with Crippen LogP contribution in [-0.4, -0.2) is 31.0 Å². The maximum absolute atomic E-state index is 13.9. The predicted molar refractivity (Wildman–Crippen MR) is 136 cm³/mol. The SMILES string of the molecule is Cn1ccc(-c2n[nH]c3ccc(-c4ccn(C(CO)c5cc(F)cc(Br)c5)c(=O)c4)cc23)cc1=O. The number of hydrogen-bond acceptors (Lipinski definition) is 4. The second-order valence-electron chi connectivity index (χ2n) is 8.26. The number of benzene rings is 2. The summed E-state index contributed by atoms with van der Waals surface area (Å²) in [4.78, 5) is 25.1. The van der Waals surface area contributed by atoms with Crippen molar-refractivity contribution in [2.75, 3.05) is 6.61 Å². The first-order valence-electron chi connectivity index (χ1n) is 10.8. The molecule has 0 saturated heterocycles. The molecule has 3 heterocycles. The fraction of sp³-hybridized carbons (Fsp3) is 0.115. The third-order valence-electron chi connectivity index (χ3n) is 6.00. The van der Waals surface area contributed by atoms with Crippen LogP contribution in [0.15, 0.2) is 87.1 Å². The largest absolute Gasteiger partial charge is 0.394 e. The summed E-state index contributed by atoms with van der Waals surface area (Å²) in [7, 11) is 1.68. The highest BCUT2D eigenvalue weighted by Gasteiger charge is 2.17. The van der Waals surface area contributed by atoms with Crippen molar-refractivity contribution in [2.45, 2.75) is 6.04 Å². The van der Waals surface area contributed by atoms with Crippen LogP contribution in [0.2, 0.25) is 0 Å². The molecule has 0 aliphatic carbocycles. The monoisotopic (exact) mass is 534 g/mol. The van der Waals surface area contributed by atoms with Gasteiger partial charge in [-0.15, -0.1) is 0 Å². The first-order chi connectivity index (χ1) is 16.8. The highest BCUT2D eigenvalue weighted by molar-refractivity contribution is 9.10. The van der Waals surface area contributed by atoms with Gasteiger partial charge in [0.15, 0.2) is 0 Å². The maximum atomic E-state index is 13.9. The molecule has 0 aliphatic rings. The molecule has 35 heavy (non-hydrogen) atoms. The van der Waals surface area contributed by atoms with Gasteiger partial charge < -0.3 is 14.2 Å². The van der Waals surface area contributed by atoms with Gasteiger partial charge in [0.2, 0.25) is 0 Å². The molecule has 5 rings (SSSR count). The van der Waals surface area contributed by atoms with Gasteiger partial charge in [0.1, 0.15) is 11.5 Å². The Morgan fingerprint density at radius 1 is 0.971 bits per heavy atom. The fourth-order valence-corrected chi connectivity index (χ4v) is 4.64. The summed E-state index contributed by atoms with van der Waals surface area (Å²) >= 11 is 3.25. The van der Waals surface area contributed by atoms with Crippen molar-refractivity contribution in [3.63, 3.8) is 0 Å². The van der Waals surface area contributed by atoms with Crippen LogP contribution in [0.1, 0.15) is 11.6 Å². The minimum absolute atomic E-state index is 0.137. The summed E-state index contributed by atoms with van der Waals surface area (Å²) < 4.78 is 17.3. The Hall–Kier alpha value is -3.82. The lowest BCUT2D eigenvalue weighted by Crippen LogP contribution is -2.27. The first-order valence-corrected chi connectivity index (χ1v) is 11.6. The number of fused-ring (bicyclic) bond motifs is 1. The van der Waals surface area contributed by atoms with E-state index < -0.39 is 11.9 Å². The van der Waals surface area contributed by atoms with E-state index in [9.17, 15) is 19.1 Å². The molecule has 176 valence electrons. The van der Waals surface area contributed by atoms with Crippen molar-refractivity contribution in [3.8, 4) is 22.4 Å². The van der Waals surface area contributed by atoms with Crippen LogP contribution in [-0.2, 0) is 7.05 Å². The van der Waals surface area contributed by atoms with Crippen molar-refractivity contribution in [1.82, 2.24) is 19.3 Å². The first kappa shape index (κ1) is 22.9. The van der Waals surface area contributed by atoms with E-state index in [4.69, 9.17) is 0 Å². The number of H-pyrrole nitrogens is 1. The van der Waals surface area contributed by atoms with E-state index in [-0.39, 0.29) is 17.7 Å². The van der Waals surface area contributed by atoms with E-state index in [1.54, 1.807) is 31.6 Å². The van der Waals surface area contributed by atoms with Gasteiger partial charge in [-0.1, -0.05) is 22.0 Å². The van der Waals surface area contributed by atoms with Crippen molar-refractivity contribution < 1.29 is 9.50 Å². The maximum Gasteiger partial charge on any atom is 0.251 e. The van der Waals surface area contributed by atoms with E-state index in [0.717, 1.165) is 16.5 Å². The molecule has 0 spiro atoms. The number of hydrogen-bond donors (Lipinski definition) is 2. The van der Waals surface area contributed by atoms with Crippen LogP contribution >= 0.6 is 15.9 Å². The van der Waals surface area contributed by atoms with Gasteiger partial charge in [-0.3, -0.25) is 14.7 Å². The molecule has 5 aromatic rings. The molecule has 1 unspecified atom stereocenters. The second-order valence-corrected chi connectivity index (χ2v) is 9.17. The molecule has 3 aromatic heterocycles. The fourth-order valence-electron chi connectivity index (χ4n) is 4.16. The molecule has 0 bridgehead atoms. The lowest BCUT2D eigenvalue weighted by atomic mass is 10.0. The lowest BCUT2D eigenvalue weighted by molar-refractivity contribution is 0.246. The van der Waals surface area contributed by atoms with Crippen molar-refractivity contribution in [3.05, 3.63) is 110 Å². The van der Waals surface area contributed by atoms with Crippen molar-refractivity contribution >= 4 is 26.8 Å². The number of aliphatic hydroxyl groups excluding tert-OH is 1. The Morgan fingerprint density at radius 2 is 1.71 bits per heavy atom. The number of aromatic nitrogens is 4. The smallest absolute Gasteiger partial charge is 0.251 e. The molecule has 0 aliphatic heterocycles. The summed E-state index contributed by atoms with van der Waals surface area (Å²) in [5, 5.41) is 18.1. The van der Waals surface area contributed by atoms with E-state index in [0.29, 0.717) is 26.9 Å². The summed E-state index contributed by atoms with van der Waals surface area (Å²) in [6, 6.07) is 15.8. The van der Waals surface area contributed by atoms with Crippen LogP contribution < -0.4 is 11.1 Å². The summed E-state index contributed by atoms with van der Waals surface area (Å²) in [6.45, 7) is -0.365. The van der Waals surface area contributed by atoms with Gasteiger partial charge in [-0.25, -0.2) is 4.39 Å². The van der Waals surface area contributed by atoms with Gasteiger partial charge in [0, 0.05) is 47.0 Å². The second kappa shape index (κ2) is 9.09. The highest BCUT2D eigenvalue weighted by atomic mass is 79.9. The number of nitrogens with one attached hydrogen (secondary N) is 1. The molecular weight excluding hydrogens is 515 g/mol. The molecule has 0 fully saturated rings. The summed E-state index contributed by atoms with van der Waals surface area (Å²) in [5.74, 6) is -0.460. The predicted octanol–water partition coefficient (Wildman–Crippen LogP) is 4.24. The number of nitrogens with zero attached hydrogens (tertiary/aromatic N) is 3. The summed E-state index contributed by atoms with van der Waals surface area (Å²) in [5.41, 5.74) is 3.62. The van der Waals surface area contributed by atoms with Gasteiger partial charge in [0.25, 0.3) is 11.1 Å². The highest BCUT2D eigenvalue weighted by Crippen LogP contribution is 2.30. The molecular formula is C26H20BrFN4O3. The standard InChI is InChI=1S/C26H20BrFN4O3/c1-31-6-4-17(12-24(31)34)26-21-10-15(2-3-22(21)29-30-26)16-5-7-32(25(35)11-16)23(14-33)18-8-19(27)13-20(28)9-18/h2-13,23,33H,14H2,1H3,(H,29,30). The molecule has 9 heteroatoms. The summed E-state index contributed by atoms with van der Waals surface area (Å²) in [6.07, 6.45) is 3.29. The third-order valence-corrected chi connectivity index (χ3v) is 6.46. The Kier molecular flexibility index (Phi) is 5.96. The Balaban J connectivity index is 1.55. The zero-order chi connectivity index (χ0) is 24.7. The molecule has 2 aromatic carbocycles. The van der Waals surface area contributed by atoms with E-state index >= 15 is 0 Å². The lowest BCUT2D eigenvalue weighted by Gasteiger charge is -2.19. The van der Waals surface area contributed by atoms with Gasteiger partial charge in [0.05, 0.1) is 18.2 Å². The number of aromatic amines is 1. The van der Waals surface area contributed by atoms with Crippen LogP contribution in [0.4, 0.5) is 4.39 Å². The number of aryl methyl sites for hydroxylation is 1.